The molecule has 0 aromatic rings. The maximum absolute atomic E-state index is 8.77. The van der Waals surface area contributed by atoms with E-state index in [9.17, 15) is 0 Å². The van der Waals surface area contributed by atoms with Crippen molar-refractivity contribution in [2.24, 2.45) is 16.8 Å². The number of rotatable bonds is 5. The number of hydrogen-bond acceptors (Lipinski definition) is 3. The molecule has 1 saturated carbocycles. The fourth-order valence-corrected chi connectivity index (χ4v) is 2.53. The quantitative estimate of drug-likeness (QED) is 0.327. The lowest BCUT2D eigenvalue weighted by Crippen LogP contribution is -2.49. The second-order valence-corrected chi connectivity index (χ2v) is 5.23. The molecule has 4 heteroatoms. The van der Waals surface area contributed by atoms with E-state index in [4.69, 9.17) is 10.9 Å². The molecule has 1 fully saturated rings. The molecule has 0 aliphatic heterocycles. The van der Waals surface area contributed by atoms with Crippen molar-refractivity contribution in [1.82, 2.24) is 4.90 Å². The van der Waals surface area contributed by atoms with E-state index in [1.54, 1.807) is 0 Å². The predicted octanol–water partition coefficient (Wildman–Crippen LogP) is 2.02. The summed E-state index contributed by atoms with van der Waals surface area (Å²) in [6, 6.07) is 0.646. The highest BCUT2D eigenvalue weighted by Crippen LogP contribution is 2.25. The summed E-state index contributed by atoms with van der Waals surface area (Å²) < 4.78 is 0. The van der Waals surface area contributed by atoms with Crippen molar-refractivity contribution in [2.75, 3.05) is 6.54 Å². The molecule has 0 bridgehead atoms. The molecule has 0 spiro atoms. The minimum absolute atomic E-state index is 0.0375. The van der Waals surface area contributed by atoms with Crippen molar-refractivity contribution >= 4 is 5.84 Å². The van der Waals surface area contributed by atoms with Crippen LogP contribution in [0.4, 0.5) is 0 Å². The van der Waals surface area contributed by atoms with Gasteiger partial charge in [0.1, 0.15) is 0 Å². The molecule has 4 nitrogen and oxygen atoms in total. The summed E-state index contributed by atoms with van der Waals surface area (Å²) in [6.45, 7) is 7.46. The largest absolute Gasteiger partial charge is 0.409 e. The first-order chi connectivity index (χ1) is 7.56. The van der Waals surface area contributed by atoms with E-state index < -0.39 is 0 Å². The van der Waals surface area contributed by atoms with Gasteiger partial charge in [-0.3, -0.25) is 4.90 Å². The first-order valence-electron chi connectivity index (χ1n) is 6.29. The molecule has 0 aromatic carbocycles. The van der Waals surface area contributed by atoms with Gasteiger partial charge in [0.2, 0.25) is 0 Å². The number of nitrogens with zero attached hydrogens (tertiary/aromatic N) is 2. The van der Waals surface area contributed by atoms with Gasteiger partial charge in [0, 0.05) is 12.6 Å². The molecular weight excluding hydrogens is 202 g/mol. The molecule has 1 aliphatic rings. The van der Waals surface area contributed by atoms with Crippen LogP contribution in [0.15, 0.2) is 5.16 Å². The smallest absolute Gasteiger partial charge is 0.156 e. The zero-order valence-corrected chi connectivity index (χ0v) is 10.7. The van der Waals surface area contributed by atoms with Crippen molar-refractivity contribution in [2.45, 2.75) is 58.5 Å². The number of oxime groups is 1. The molecule has 0 saturated heterocycles. The van der Waals surface area contributed by atoms with Crippen LogP contribution in [0, 0.1) is 5.92 Å². The summed E-state index contributed by atoms with van der Waals surface area (Å²) in [5.41, 5.74) is 5.72. The van der Waals surface area contributed by atoms with Crippen LogP contribution in [-0.2, 0) is 0 Å². The van der Waals surface area contributed by atoms with Gasteiger partial charge in [0.05, 0.1) is 6.04 Å². The van der Waals surface area contributed by atoms with Crippen LogP contribution >= 0.6 is 0 Å². The molecule has 0 heterocycles. The minimum Gasteiger partial charge on any atom is -0.409 e. The summed E-state index contributed by atoms with van der Waals surface area (Å²) in [7, 11) is 0. The van der Waals surface area contributed by atoms with E-state index in [1.807, 2.05) is 6.92 Å². The SMILES string of the molecule is CC(C)CN(C1CCCC1)C(C)C(N)=NO. The fourth-order valence-electron chi connectivity index (χ4n) is 2.53. The Balaban J connectivity index is 2.69. The molecule has 1 aliphatic carbocycles. The molecule has 3 N–H and O–H groups in total. The van der Waals surface area contributed by atoms with Crippen molar-refractivity contribution in [1.29, 1.82) is 0 Å². The third kappa shape index (κ3) is 3.37. The average Bonchev–Trinajstić information content (AvgIpc) is 2.76. The molecule has 1 atom stereocenters. The molecule has 0 radical (unpaired) electrons. The Morgan fingerprint density at radius 3 is 2.38 bits per heavy atom. The zero-order valence-electron chi connectivity index (χ0n) is 10.7. The Morgan fingerprint density at radius 2 is 1.94 bits per heavy atom. The van der Waals surface area contributed by atoms with Gasteiger partial charge < -0.3 is 10.9 Å². The number of nitrogens with two attached hydrogens (primary N) is 1. The summed E-state index contributed by atoms with van der Waals surface area (Å²) in [5.74, 6) is 0.932. The van der Waals surface area contributed by atoms with Gasteiger partial charge in [-0.05, 0) is 25.7 Å². The van der Waals surface area contributed by atoms with Crippen LogP contribution in [0.5, 0.6) is 0 Å². The fraction of sp³-hybridized carbons (Fsp3) is 0.917. The third-order valence-electron chi connectivity index (χ3n) is 3.41. The Hall–Kier alpha value is -0.770. The highest BCUT2D eigenvalue weighted by atomic mass is 16.4. The van der Waals surface area contributed by atoms with E-state index in [0.717, 1.165) is 6.54 Å². The zero-order chi connectivity index (χ0) is 12.1. The lowest BCUT2D eigenvalue weighted by molar-refractivity contribution is 0.156. The second kappa shape index (κ2) is 6.09. The highest BCUT2D eigenvalue weighted by molar-refractivity contribution is 5.84. The van der Waals surface area contributed by atoms with Crippen LogP contribution in [0.3, 0.4) is 0 Å². The summed E-state index contributed by atoms with van der Waals surface area (Å²) in [6.07, 6.45) is 5.11. The van der Waals surface area contributed by atoms with Gasteiger partial charge in [-0.1, -0.05) is 31.8 Å². The van der Waals surface area contributed by atoms with Crippen molar-refractivity contribution in [3.63, 3.8) is 0 Å². The average molecular weight is 227 g/mol. The summed E-state index contributed by atoms with van der Waals surface area (Å²) >= 11 is 0. The topological polar surface area (TPSA) is 61.8 Å². The van der Waals surface area contributed by atoms with Crippen LogP contribution in [0.1, 0.15) is 46.5 Å². The van der Waals surface area contributed by atoms with Crippen molar-refractivity contribution < 1.29 is 5.21 Å². The van der Waals surface area contributed by atoms with E-state index in [-0.39, 0.29) is 6.04 Å². The predicted molar refractivity (Wildman–Crippen MR) is 66.7 cm³/mol. The molecule has 1 unspecified atom stereocenters. The van der Waals surface area contributed by atoms with E-state index in [0.29, 0.717) is 17.8 Å². The van der Waals surface area contributed by atoms with E-state index >= 15 is 0 Å². The molecule has 1 rings (SSSR count). The van der Waals surface area contributed by atoms with Gasteiger partial charge in [-0.15, -0.1) is 0 Å². The molecule has 0 amide bonds. The first kappa shape index (κ1) is 13.3. The van der Waals surface area contributed by atoms with Gasteiger partial charge in [0.25, 0.3) is 0 Å². The Kier molecular flexibility index (Phi) is 5.06. The van der Waals surface area contributed by atoms with E-state index in [2.05, 4.69) is 23.9 Å². The lowest BCUT2D eigenvalue weighted by Gasteiger charge is -2.35. The van der Waals surface area contributed by atoms with E-state index in [1.165, 1.54) is 25.7 Å². The normalized spacial score (nSPS) is 20.9. The number of amidine groups is 1. The maximum atomic E-state index is 8.77. The van der Waals surface area contributed by atoms with Crippen molar-refractivity contribution in [3.05, 3.63) is 0 Å². The first-order valence-corrected chi connectivity index (χ1v) is 6.29. The van der Waals surface area contributed by atoms with Crippen LogP contribution in [0.2, 0.25) is 0 Å². The second-order valence-electron chi connectivity index (χ2n) is 5.23. The Morgan fingerprint density at radius 1 is 1.38 bits per heavy atom. The van der Waals surface area contributed by atoms with Gasteiger partial charge in [0.15, 0.2) is 5.84 Å². The molecule has 94 valence electrons. The molecule has 0 aromatic heterocycles. The van der Waals surface area contributed by atoms with Gasteiger partial charge >= 0.3 is 0 Å². The minimum atomic E-state index is 0.0375. The maximum Gasteiger partial charge on any atom is 0.156 e. The van der Waals surface area contributed by atoms with Crippen LogP contribution in [0.25, 0.3) is 0 Å². The van der Waals surface area contributed by atoms with Crippen LogP contribution < -0.4 is 5.73 Å². The Labute approximate surface area is 98.5 Å². The highest BCUT2D eigenvalue weighted by Gasteiger charge is 2.28. The monoisotopic (exact) mass is 227 g/mol. The lowest BCUT2D eigenvalue weighted by atomic mass is 10.1. The van der Waals surface area contributed by atoms with Gasteiger partial charge in [-0.2, -0.15) is 0 Å². The molecule has 16 heavy (non-hydrogen) atoms. The third-order valence-corrected chi connectivity index (χ3v) is 3.41. The summed E-state index contributed by atoms with van der Waals surface area (Å²) in [5, 5.41) is 11.9. The van der Waals surface area contributed by atoms with Gasteiger partial charge in [-0.25, -0.2) is 0 Å². The summed E-state index contributed by atoms with van der Waals surface area (Å²) in [4.78, 5) is 2.40. The Bertz CT molecular complexity index is 234. The van der Waals surface area contributed by atoms with Crippen molar-refractivity contribution in [3.8, 4) is 0 Å². The van der Waals surface area contributed by atoms with Crippen LogP contribution in [-0.4, -0.2) is 34.6 Å². The number of hydrogen-bond donors (Lipinski definition) is 2. The molecular formula is C12H25N3O. The standard InChI is InChI=1S/C12H25N3O/c1-9(2)8-15(10(3)12(13)14-16)11-6-4-5-7-11/h9-11,16H,4-8H2,1-3H3,(H2,13,14).